The largest absolute Gasteiger partial charge is 0.495 e. The van der Waals surface area contributed by atoms with E-state index in [9.17, 15) is 21.6 Å². The topological polar surface area (TPSA) is 110 Å². The summed E-state index contributed by atoms with van der Waals surface area (Å²) in [5, 5.41) is 0.188. The van der Waals surface area contributed by atoms with Crippen molar-refractivity contribution in [3.8, 4) is 5.75 Å². The number of nitrogens with zero attached hydrogens (tertiary/aromatic N) is 1. The maximum absolute atomic E-state index is 12.8. The number of carbonyl (C=O) groups is 1. The third kappa shape index (κ3) is 3.73. The number of ether oxygens (including phenoxy) is 1. The third-order valence-corrected chi connectivity index (χ3v) is 7.28. The summed E-state index contributed by atoms with van der Waals surface area (Å²) < 4.78 is 57.9. The zero-order chi connectivity index (χ0) is 19.8. The average molecular weight is 431 g/mol. The standard InChI is InChI=1S/C16H15ClN2O6S2/c1-25-14-7-6-11(19-16(20)8-9-26(19,21)22)10-15(14)27(23,24)18-13-5-3-2-4-12(13)17/h2-7,10,18H,8-9H2,1H3. The molecule has 0 aliphatic carbocycles. The number of hydrogen-bond donors (Lipinski definition) is 1. The number of para-hydroxylation sites is 1. The number of halogens is 1. The highest BCUT2D eigenvalue weighted by Gasteiger charge is 2.37. The van der Waals surface area contributed by atoms with E-state index < -0.39 is 26.0 Å². The molecule has 1 fully saturated rings. The Morgan fingerprint density at radius 2 is 1.89 bits per heavy atom. The summed E-state index contributed by atoms with van der Waals surface area (Å²) in [4.78, 5) is 11.7. The van der Waals surface area contributed by atoms with Crippen molar-refractivity contribution in [2.45, 2.75) is 11.3 Å². The zero-order valence-electron chi connectivity index (χ0n) is 14.0. The summed E-state index contributed by atoms with van der Waals surface area (Å²) in [6, 6.07) is 9.93. The fourth-order valence-corrected chi connectivity index (χ4v) is 5.57. The van der Waals surface area contributed by atoms with Crippen molar-refractivity contribution in [1.29, 1.82) is 0 Å². The van der Waals surface area contributed by atoms with Crippen LogP contribution in [0.5, 0.6) is 5.75 Å². The Morgan fingerprint density at radius 1 is 1.19 bits per heavy atom. The highest BCUT2D eigenvalue weighted by Crippen LogP contribution is 2.34. The molecule has 0 saturated carbocycles. The molecule has 1 amide bonds. The van der Waals surface area contributed by atoms with Crippen LogP contribution in [0.2, 0.25) is 5.02 Å². The number of sulfonamides is 2. The number of carbonyl (C=O) groups excluding carboxylic acids is 1. The molecule has 1 aliphatic heterocycles. The first-order chi connectivity index (χ1) is 12.7. The van der Waals surface area contributed by atoms with Crippen molar-refractivity contribution in [3.63, 3.8) is 0 Å². The van der Waals surface area contributed by atoms with E-state index in [2.05, 4.69) is 4.72 Å². The van der Waals surface area contributed by atoms with Gasteiger partial charge in [-0.05, 0) is 30.3 Å². The molecular weight excluding hydrogens is 416 g/mol. The minimum absolute atomic E-state index is 0.0117. The van der Waals surface area contributed by atoms with Gasteiger partial charge in [0.25, 0.3) is 10.0 Å². The van der Waals surface area contributed by atoms with Crippen molar-refractivity contribution in [2.24, 2.45) is 0 Å². The van der Waals surface area contributed by atoms with Gasteiger partial charge in [0, 0.05) is 6.42 Å². The lowest BCUT2D eigenvalue weighted by molar-refractivity contribution is -0.116. The summed E-state index contributed by atoms with van der Waals surface area (Å²) in [6.45, 7) is 0. The smallest absolute Gasteiger partial charge is 0.265 e. The predicted molar refractivity (Wildman–Crippen MR) is 101 cm³/mol. The van der Waals surface area contributed by atoms with Crippen LogP contribution in [0, 0.1) is 0 Å². The zero-order valence-corrected chi connectivity index (χ0v) is 16.4. The molecule has 0 unspecified atom stereocenters. The molecule has 0 spiro atoms. The van der Waals surface area contributed by atoms with Crippen LogP contribution in [0.15, 0.2) is 47.4 Å². The lowest BCUT2D eigenvalue weighted by Gasteiger charge is -2.18. The fraction of sp³-hybridized carbons (Fsp3) is 0.188. The minimum atomic E-state index is -4.18. The van der Waals surface area contributed by atoms with E-state index in [1.54, 1.807) is 12.1 Å². The molecule has 3 rings (SSSR count). The number of benzene rings is 2. The van der Waals surface area contributed by atoms with Crippen molar-refractivity contribution < 1.29 is 26.4 Å². The van der Waals surface area contributed by atoms with E-state index in [4.69, 9.17) is 16.3 Å². The van der Waals surface area contributed by atoms with E-state index >= 15 is 0 Å². The van der Waals surface area contributed by atoms with Crippen molar-refractivity contribution in [2.75, 3.05) is 21.9 Å². The predicted octanol–water partition coefficient (Wildman–Crippen LogP) is 2.22. The number of methoxy groups -OCH3 is 1. The van der Waals surface area contributed by atoms with Crippen LogP contribution < -0.4 is 13.8 Å². The molecule has 144 valence electrons. The van der Waals surface area contributed by atoms with Crippen molar-refractivity contribution in [1.82, 2.24) is 0 Å². The van der Waals surface area contributed by atoms with Gasteiger partial charge in [-0.3, -0.25) is 9.52 Å². The Morgan fingerprint density at radius 3 is 2.48 bits per heavy atom. The summed E-state index contributed by atoms with van der Waals surface area (Å²) >= 11 is 5.99. The molecule has 27 heavy (non-hydrogen) atoms. The molecule has 0 aromatic heterocycles. The van der Waals surface area contributed by atoms with Gasteiger partial charge in [-0.25, -0.2) is 21.1 Å². The molecule has 0 radical (unpaired) electrons. The number of anilines is 2. The van der Waals surface area contributed by atoms with Gasteiger partial charge in [-0.2, -0.15) is 0 Å². The normalized spacial score (nSPS) is 16.4. The van der Waals surface area contributed by atoms with Gasteiger partial charge in [0.2, 0.25) is 15.9 Å². The van der Waals surface area contributed by atoms with Crippen LogP contribution in [0.3, 0.4) is 0 Å². The van der Waals surface area contributed by atoms with E-state index in [0.29, 0.717) is 4.31 Å². The number of amides is 1. The maximum Gasteiger partial charge on any atom is 0.265 e. The molecule has 1 heterocycles. The van der Waals surface area contributed by atoms with Crippen LogP contribution in [-0.2, 0) is 24.8 Å². The average Bonchev–Trinajstić information content (AvgIpc) is 2.89. The molecule has 1 saturated heterocycles. The van der Waals surface area contributed by atoms with Gasteiger partial charge >= 0.3 is 0 Å². The molecule has 0 atom stereocenters. The minimum Gasteiger partial charge on any atom is -0.495 e. The van der Waals surface area contributed by atoms with Crippen LogP contribution in [0.25, 0.3) is 0 Å². The molecular formula is C16H15ClN2O6S2. The lowest BCUT2D eigenvalue weighted by Crippen LogP contribution is -2.29. The first-order valence-electron chi connectivity index (χ1n) is 7.67. The van der Waals surface area contributed by atoms with E-state index in [1.165, 1.54) is 31.4 Å². The highest BCUT2D eigenvalue weighted by molar-refractivity contribution is 7.94. The molecule has 2 aromatic rings. The van der Waals surface area contributed by atoms with Gasteiger partial charge < -0.3 is 4.74 Å². The molecule has 2 aromatic carbocycles. The van der Waals surface area contributed by atoms with E-state index in [0.717, 1.165) is 6.07 Å². The summed E-state index contributed by atoms with van der Waals surface area (Å²) in [6.07, 6.45) is -0.158. The second-order valence-corrected chi connectivity index (χ2v) is 9.64. The second-order valence-electron chi connectivity index (χ2n) is 5.64. The number of hydrogen-bond acceptors (Lipinski definition) is 6. The fourth-order valence-electron chi connectivity index (χ4n) is 2.61. The number of rotatable bonds is 5. The van der Waals surface area contributed by atoms with Crippen molar-refractivity contribution >= 4 is 48.9 Å². The van der Waals surface area contributed by atoms with Crippen LogP contribution in [-0.4, -0.2) is 35.6 Å². The third-order valence-electron chi connectivity index (χ3n) is 3.87. The Hall–Kier alpha value is -2.30. The Bertz CT molecular complexity index is 1120. The van der Waals surface area contributed by atoms with Gasteiger partial charge in [-0.1, -0.05) is 23.7 Å². The highest BCUT2D eigenvalue weighted by atomic mass is 35.5. The van der Waals surface area contributed by atoms with Gasteiger partial charge in [-0.15, -0.1) is 0 Å². The Labute approximate surface area is 161 Å². The molecule has 0 bridgehead atoms. The van der Waals surface area contributed by atoms with Crippen LogP contribution in [0.4, 0.5) is 11.4 Å². The van der Waals surface area contributed by atoms with Crippen LogP contribution in [0.1, 0.15) is 6.42 Å². The monoisotopic (exact) mass is 430 g/mol. The molecule has 1 aliphatic rings. The van der Waals surface area contributed by atoms with Crippen LogP contribution >= 0.6 is 11.6 Å². The summed E-state index contributed by atoms with van der Waals surface area (Å²) in [5.41, 5.74) is 0.0781. The Kier molecular flexibility index (Phi) is 5.06. The Balaban J connectivity index is 2.09. The molecule has 11 heteroatoms. The van der Waals surface area contributed by atoms with Gasteiger partial charge in [0.05, 0.1) is 29.3 Å². The molecule has 8 nitrogen and oxygen atoms in total. The maximum atomic E-state index is 12.8. The first-order valence-corrected chi connectivity index (χ1v) is 11.1. The lowest BCUT2D eigenvalue weighted by atomic mass is 10.3. The van der Waals surface area contributed by atoms with E-state index in [1.807, 2.05) is 0 Å². The SMILES string of the molecule is COc1ccc(N2C(=O)CCS2(=O)=O)cc1S(=O)(=O)Nc1ccccc1Cl. The van der Waals surface area contributed by atoms with E-state index in [-0.39, 0.29) is 39.2 Å². The quantitative estimate of drug-likeness (QED) is 0.778. The molecule has 1 N–H and O–H groups in total. The van der Waals surface area contributed by atoms with Crippen molar-refractivity contribution in [3.05, 3.63) is 47.5 Å². The van der Waals surface area contributed by atoms with Gasteiger partial charge in [0.15, 0.2) is 0 Å². The number of nitrogens with one attached hydrogen (secondary N) is 1. The second kappa shape index (κ2) is 7.02. The van der Waals surface area contributed by atoms with Gasteiger partial charge in [0.1, 0.15) is 10.6 Å². The first kappa shape index (κ1) is 19.5. The summed E-state index contributed by atoms with van der Waals surface area (Å²) in [7, 11) is -6.73. The summed E-state index contributed by atoms with van der Waals surface area (Å²) in [5.74, 6) is -0.956.